The number of hydrogen-bond acceptors (Lipinski definition) is 4. The van der Waals surface area contributed by atoms with E-state index in [2.05, 4.69) is 17.3 Å². The number of rotatable bonds is 7. The van der Waals surface area contributed by atoms with Gasteiger partial charge in [-0.1, -0.05) is 6.92 Å². The Morgan fingerprint density at radius 1 is 1.43 bits per heavy atom. The molecule has 1 N–H and O–H groups in total. The molecule has 0 saturated heterocycles. The maximum atomic E-state index is 12.1. The molecule has 0 unspecified atom stereocenters. The Balaban J connectivity index is 2.35. The number of aryl methyl sites for hydroxylation is 1. The van der Waals surface area contributed by atoms with Gasteiger partial charge in [0.05, 0.1) is 6.20 Å². The van der Waals surface area contributed by atoms with E-state index in [0.717, 1.165) is 25.1 Å². The lowest BCUT2D eigenvalue weighted by molar-refractivity contribution is 0.0252. The van der Waals surface area contributed by atoms with E-state index in [-0.39, 0.29) is 6.09 Å². The van der Waals surface area contributed by atoms with Gasteiger partial charge in [0.25, 0.3) is 0 Å². The quantitative estimate of drug-likeness (QED) is 0.783. The molecule has 0 aliphatic heterocycles. The molecule has 0 atom stereocenters. The Morgan fingerprint density at radius 3 is 2.67 bits per heavy atom. The molecule has 0 spiro atoms. The van der Waals surface area contributed by atoms with Crippen molar-refractivity contribution in [3.8, 4) is 0 Å². The highest BCUT2D eigenvalue weighted by atomic mass is 16.6. The number of aromatic nitrogens is 2. The highest BCUT2D eigenvalue weighted by Gasteiger charge is 2.21. The maximum absolute atomic E-state index is 12.1. The molecule has 0 aliphatic carbocycles. The number of hydrogen-bond donors (Lipinski definition) is 1. The van der Waals surface area contributed by atoms with Crippen molar-refractivity contribution in [2.45, 2.75) is 46.3 Å². The predicted molar refractivity (Wildman–Crippen MR) is 83.0 cm³/mol. The van der Waals surface area contributed by atoms with Crippen molar-refractivity contribution in [3.05, 3.63) is 18.0 Å². The fraction of sp³-hybridized carbons (Fsp3) is 0.733. The summed E-state index contributed by atoms with van der Waals surface area (Å²) in [5.41, 5.74) is 0.684. The van der Waals surface area contributed by atoms with E-state index in [1.807, 2.05) is 40.2 Å². The van der Waals surface area contributed by atoms with Gasteiger partial charge < -0.3 is 15.0 Å². The molecule has 120 valence electrons. The zero-order valence-electron chi connectivity index (χ0n) is 13.8. The van der Waals surface area contributed by atoms with Gasteiger partial charge in [-0.2, -0.15) is 5.10 Å². The number of amides is 1. The van der Waals surface area contributed by atoms with Crippen LogP contribution in [-0.2, 0) is 18.3 Å². The van der Waals surface area contributed by atoms with Crippen LogP contribution in [-0.4, -0.2) is 46.0 Å². The van der Waals surface area contributed by atoms with Gasteiger partial charge in [0.1, 0.15) is 5.60 Å². The zero-order valence-corrected chi connectivity index (χ0v) is 13.8. The van der Waals surface area contributed by atoms with Crippen molar-refractivity contribution in [2.24, 2.45) is 7.05 Å². The number of carbonyl (C=O) groups is 1. The van der Waals surface area contributed by atoms with Gasteiger partial charge in [-0.15, -0.1) is 0 Å². The number of nitrogens with zero attached hydrogens (tertiary/aromatic N) is 3. The molecule has 1 amide bonds. The number of ether oxygens (including phenoxy) is 1. The Morgan fingerprint density at radius 2 is 2.14 bits per heavy atom. The highest BCUT2D eigenvalue weighted by Crippen LogP contribution is 2.10. The predicted octanol–water partition coefficient (Wildman–Crippen LogP) is 2.16. The molecular formula is C15H28N4O2. The largest absolute Gasteiger partial charge is 0.444 e. The van der Waals surface area contributed by atoms with Crippen LogP contribution >= 0.6 is 0 Å². The molecule has 21 heavy (non-hydrogen) atoms. The third kappa shape index (κ3) is 7.13. The first-order chi connectivity index (χ1) is 9.81. The summed E-state index contributed by atoms with van der Waals surface area (Å²) in [5.74, 6) is 0. The summed E-state index contributed by atoms with van der Waals surface area (Å²) in [6, 6.07) is 0. The van der Waals surface area contributed by atoms with Gasteiger partial charge in [0, 0.05) is 45.0 Å². The second-order valence-electron chi connectivity index (χ2n) is 6.17. The molecule has 0 aromatic carbocycles. The van der Waals surface area contributed by atoms with Crippen LogP contribution in [0.2, 0.25) is 0 Å². The maximum Gasteiger partial charge on any atom is 0.410 e. The zero-order chi connectivity index (χ0) is 15.9. The van der Waals surface area contributed by atoms with Gasteiger partial charge in [-0.25, -0.2) is 4.79 Å². The molecule has 0 aliphatic rings. The molecule has 0 bridgehead atoms. The Kier molecular flexibility index (Phi) is 6.68. The van der Waals surface area contributed by atoms with E-state index in [9.17, 15) is 4.79 Å². The number of nitrogens with one attached hydrogen (secondary N) is 1. The van der Waals surface area contributed by atoms with Crippen LogP contribution in [0.1, 0.15) is 39.7 Å². The van der Waals surface area contributed by atoms with Crippen LogP contribution < -0.4 is 5.32 Å². The van der Waals surface area contributed by atoms with E-state index in [1.165, 1.54) is 0 Å². The van der Waals surface area contributed by atoms with Crippen molar-refractivity contribution in [3.63, 3.8) is 0 Å². The smallest absolute Gasteiger partial charge is 0.410 e. The van der Waals surface area contributed by atoms with E-state index in [0.29, 0.717) is 13.1 Å². The van der Waals surface area contributed by atoms with Crippen molar-refractivity contribution in [1.82, 2.24) is 20.0 Å². The molecule has 1 aromatic heterocycles. The minimum Gasteiger partial charge on any atom is -0.444 e. The normalized spacial score (nSPS) is 11.5. The van der Waals surface area contributed by atoms with Gasteiger partial charge in [0.15, 0.2) is 0 Å². The van der Waals surface area contributed by atoms with Crippen molar-refractivity contribution in [1.29, 1.82) is 0 Å². The lowest BCUT2D eigenvalue weighted by Crippen LogP contribution is -2.40. The first kappa shape index (κ1) is 17.5. The third-order valence-corrected chi connectivity index (χ3v) is 2.79. The monoisotopic (exact) mass is 296 g/mol. The first-order valence-electron chi connectivity index (χ1n) is 7.48. The molecule has 1 heterocycles. The third-order valence-electron chi connectivity index (χ3n) is 2.79. The lowest BCUT2D eigenvalue weighted by Gasteiger charge is -2.27. The summed E-state index contributed by atoms with van der Waals surface area (Å²) >= 11 is 0. The molecule has 0 radical (unpaired) electrons. The molecule has 6 heteroatoms. The Hall–Kier alpha value is -1.56. The minimum absolute atomic E-state index is 0.243. The molecular weight excluding hydrogens is 268 g/mol. The standard InChI is InChI=1S/C15H28N4O2/c1-6-8-19(14(20)21-15(2,3)4)9-7-16-10-13-11-17-18(5)12-13/h11-12,16H,6-10H2,1-5H3. The van der Waals surface area contributed by atoms with Gasteiger partial charge in [0.2, 0.25) is 0 Å². The average molecular weight is 296 g/mol. The van der Waals surface area contributed by atoms with Crippen LogP contribution in [0.4, 0.5) is 4.79 Å². The second kappa shape index (κ2) is 8.02. The molecule has 6 nitrogen and oxygen atoms in total. The van der Waals surface area contributed by atoms with Gasteiger partial charge in [-0.05, 0) is 27.2 Å². The second-order valence-corrected chi connectivity index (χ2v) is 6.17. The van der Waals surface area contributed by atoms with E-state index >= 15 is 0 Å². The molecule has 1 aromatic rings. The van der Waals surface area contributed by atoms with Crippen LogP contribution in [0.3, 0.4) is 0 Å². The summed E-state index contributed by atoms with van der Waals surface area (Å²) in [7, 11) is 1.90. The summed E-state index contributed by atoms with van der Waals surface area (Å²) in [4.78, 5) is 13.8. The van der Waals surface area contributed by atoms with Crippen molar-refractivity contribution in [2.75, 3.05) is 19.6 Å². The Bertz CT molecular complexity index is 437. The van der Waals surface area contributed by atoms with Crippen LogP contribution in [0.15, 0.2) is 12.4 Å². The highest BCUT2D eigenvalue weighted by molar-refractivity contribution is 5.68. The van der Waals surface area contributed by atoms with Crippen LogP contribution in [0, 0.1) is 0 Å². The fourth-order valence-electron chi connectivity index (χ4n) is 1.90. The SMILES string of the molecule is CCCN(CCNCc1cnn(C)c1)C(=O)OC(C)(C)C. The summed E-state index contributed by atoms with van der Waals surface area (Å²) in [6.07, 6.45) is 4.49. The fourth-order valence-corrected chi connectivity index (χ4v) is 1.90. The molecule has 1 rings (SSSR count). The topological polar surface area (TPSA) is 59.4 Å². The Labute approximate surface area is 127 Å². The lowest BCUT2D eigenvalue weighted by atomic mass is 10.2. The van der Waals surface area contributed by atoms with Gasteiger partial charge >= 0.3 is 6.09 Å². The van der Waals surface area contributed by atoms with Crippen molar-refractivity contribution < 1.29 is 9.53 Å². The number of carbonyl (C=O) groups excluding carboxylic acids is 1. The summed E-state index contributed by atoms with van der Waals surface area (Å²) in [6.45, 7) is 10.5. The van der Waals surface area contributed by atoms with Gasteiger partial charge in [-0.3, -0.25) is 4.68 Å². The summed E-state index contributed by atoms with van der Waals surface area (Å²) < 4.78 is 7.20. The van der Waals surface area contributed by atoms with E-state index in [4.69, 9.17) is 4.74 Å². The van der Waals surface area contributed by atoms with Crippen molar-refractivity contribution >= 4 is 6.09 Å². The minimum atomic E-state index is -0.452. The molecule has 0 saturated carbocycles. The molecule has 0 fully saturated rings. The first-order valence-corrected chi connectivity index (χ1v) is 7.48. The van der Waals surface area contributed by atoms with E-state index in [1.54, 1.807) is 9.58 Å². The average Bonchev–Trinajstić information content (AvgIpc) is 2.77. The van der Waals surface area contributed by atoms with Crippen LogP contribution in [0.25, 0.3) is 0 Å². The summed E-state index contributed by atoms with van der Waals surface area (Å²) in [5, 5.41) is 7.44. The van der Waals surface area contributed by atoms with Crippen LogP contribution in [0.5, 0.6) is 0 Å². The van der Waals surface area contributed by atoms with E-state index < -0.39 is 5.60 Å².